The van der Waals surface area contributed by atoms with E-state index in [1.54, 1.807) is 0 Å². The number of nitro groups is 2. The van der Waals surface area contributed by atoms with Crippen molar-refractivity contribution < 1.29 is 14.6 Å². The van der Waals surface area contributed by atoms with E-state index in [4.69, 9.17) is 0 Å². The summed E-state index contributed by atoms with van der Waals surface area (Å²) in [6.07, 6.45) is 0. The Balaban J connectivity index is 2.43. The number of carbonyl (C=O) groups excluding carboxylic acids is 1. The monoisotopic (exact) mass is 251 g/mol. The molecular weight excluding hydrogens is 242 g/mol. The van der Waals surface area contributed by atoms with Gasteiger partial charge in [0.15, 0.2) is 0 Å². The van der Waals surface area contributed by atoms with Gasteiger partial charge in [-0.2, -0.15) is 0 Å². The normalized spacial score (nSPS) is 17.4. The molecule has 0 saturated carbocycles. The van der Waals surface area contributed by atoms with Crippen molar-refractivity contribution in [2.24, 2.45) is 0 Å². The molecule has 8 heteroatoms. The van der Waals surface area contributed by atoms with Crippen LogP contribution >= 0.6 is 0 Å². The van der Waals surface area contributed by atoms with Crippen molar-refractivity contribution in [1.82, 2.24) is 4.90 Å². The summed E-state index contributed by atoms with van der Waals surface area (Å²) in [5.74, 6) is -0.422. The molecular formula is C10H9N3O5. The van der Waals surface area contributed by atoms with Crippen LogP contribution in [0.15, 0.2) is 18.2 Å². The van der Waals surface area contributed by atoms with E-state index in [2.05, 4.69) is 0 Å². The summed E-state index contributed by atoms with van der Waals surface area (Å²) in [6.45, 7) is 2.39. The standard InChI is InChI=1S/C10H9N3O5/c1-6-5-11(6)10(14)7-2-8(12(15)16)4-9(3-7)13(17)18/h2-4,6H,5H2,1H3/t6-,11?/m1/s1. The van der Waals surface area contributed by atoms with Gasteiger partial charge in [0, 0.05) is 24.7 Å². The van der Waals surface area contributed by atoms with E-state index in [0.717, 1.165) is 18.2 Å². The first-order valence-corrected chi connectivity index (χ1v) is 5.15. The number of nitro benzene ring substituents is 2. The summed E-state index contributed by atoms with van der Waals surface area (Å²) in [4.78, 5) is 33.1. The highest BCUT2D eigenvalue weighted by molar-refractivity contribution is 5.97. The van der Waals surface area contributed by atoms with E-state index in [1.807, 2.05) is 6.92 Å². The van der Waals surface area contributed by atoms with Gasteiger partial charge in [0.1, 0.15) is 0 Å². The number of carbonyl (C=O) groups is 1. The molecule has 0 aromatic heterocycles. The van der Waals surface area contributed by atoms with E-state index in [9.17, 15) is 25.0 Å². The molecule has 1 amide bonds. The fraction of sp³-hybridized carbons (Fsp3) is 0.300. The van der Waals surface area contributed by atoms with Crippen LogP contribution in [0.5, 0.6) is 0 Å². The fourth-order valence-corrected chi connectivity index (χ4v) is 1.62. The van der Waals surface area contributed by atoms with Crippen molar-refractivity contribution in [2.75, 3.05) is 6.54 Å². The molecule has 1 fully saturated rings. The molecule has 1 aromatic carbocycles. The van der Waals surface area contributed by atoms with Gasteiger partial charge in [-0.05, 0) is 6.92 Å². The average molecular weight is 251 g/mol. The van der Waals surface area contributed by atoms with E-state index in [-0.39, 0.29) is 11.6 Å². The Hall–Kier alpha value is -2.51. The minimum absolute atomic E-state index is 0.0275. The second-order valence-corrected chi connectivity index (χ2v) is 4.06. The third kappa shape index (κ3) is 2.12. The van der Waals surface area contributed by atoms with Crippen LogP contribution in [-0.2, 0) is 0 Å². The molecule has 0 unspecified atom stereocenters. The molecule has 0 aliphatic carbocycles. The van der Waals surface area contributed by atoms with E-state index in [0.29, 0.717) is 6.54 Å². The molecule has 0 spiro atoms. The Kier molecular flexibility index (Phi) is 2.70. The molecule has 0 radical (unpaired) electrons. The minimum atomic E-state index is -0.755. The van der Waals surface area contributed by atoms with Crippen LogP contribution in [0.25, 0.3) is 0 Å². The summed E-state index contributed by atoms with van der Waals surface area (Å²) in [5, 5.41) is 21.3. The highest BCUT2D eigenvalue weighted by Crippen LogP contribution is 2.26. The van der Waals surface area contributed by atoms with Crippen LogP contribution in [0.1, 0.15) is 17.3 Å². The zero-order valence-corrected chi connectivity index (χ0v) is 9.40. The second-order valence-electron chi connectivity index (χ2n) is 4.06. The van der Waals surface area contributed by atoms with Crippen LogP contribution in [0.2, 0.25) is 0 Å². The number of amides is 1. The minimum Gasteiger partial charge on any atom is -0.332 e. The van der Waals surface area contributed by atoms with Gasteiger partial charge < -0.3 is 4.90 Å². The highest BCUT2D eigenvalue weighted by atomic mass is 16.6. The zero-order valence-electron chi connectivity index (χ0n) is 9.40. The predicted octanol–water partition coefficient (Wildman–Crippen LogP) is 1.35. The van der Waals surface area contributed by atoms with Gasteiger partial charge in [-0.15, -0.1) is 0 Å². The Morgan fingerprint density at radius 2 is 1.67 bits per heavy atom. The van der Waals surface area contributed by atoms with E-state index >= 15 is 0 Å². The Morgan fingerprint density at radius 3 is 2.00 bits per heavy atom. The van der Waals surface area contributed by atoms with Crippen molar-refractivity contribution in [3.8, 4) is 0 Å². The first-order chi connectivity index (χ1) is 8.40. The molecule has 94 valence electrons. The molecule has 0 bridgehead atoms. The maximum atomic E-state index is 11.8. The first kappa shape index (κ1) is 12.0. The lowest BCUT2D eigenvalue weighted by atomic mass is 10.1. The van der Waals surface area contributed by atoms with Crippen LogP contribution in [0.3, 0.4) is 0 Å². The number of nitrogens with zero attached hydrogens (tertiary/aromatic N) is 3. The SMILES string of the molecule is C[C@@H]1CN1C(=O)c1cc([N+](=O)[O-])cc([N+](=O)[O-])c1. The van der Waals surface area contributed by atoms with Crippen molar-refractivity contribution >= 4 is 17.3 Å². The maximum absolute atomic E-state index is 11.8. The molecule has 18 heavy (non-hydrogen) atoms. The molecule has 1 saturated heterocycles. The Morgan fingerprint density at radius 1 is 1.22 bits per heavy atom. The summed E-state index contributed by atoms with van der Waals surface area (Å²) < 4.78 is 0. The van der Waals surface area contributed by atoms with Gasteiger partial charge >= 0.3 is 0 Å². The quantitative estimate of drug-likeness (QED) is 0.457. The summed E-state index contributed by atoms with van der Waals surface area (Å²) in [5.41, 5.74) is -0.940. The average Bonchev–Trinajstić information content (AvgIpc) is 3.04. The summed E-state index contributed by atoms with van der Waals surface area (Å²) in [6, 6.07) is 3.03. The predicted molar refractivity (Wildman–Crippen MR) is 60.2 cm³/mol. The first-order valence-electron chi connectivity index (χ1n) is 5.15. The topological polar surface area (TPSA) is 106 Å². The zero-order chi connectivity index (χ0) is 13.4. The van der Waals surface area contributed by atoms with Gasteiger partial charge in [0.2, 0.25) is 0 Å². The molecule has 1 aromatic rings. The van der Waals surface area contributed by atoms with Gasteiger partial charge in [0.05, 0.1) is 21.5 Å². The number of hydrogen-bond donors (Lipinski definition) is 0. The van der Waals surface area contributed by atoms with Crippen LogP contribution < -0.4 is 0 Å². The van der Waals surface area contributed by atoms with Gasteiger partial charge in [-0.25, -0.2) is 0 Å². The molecule has 0 N–H and O–H groups in total. The molecule has 1 aliphatic rings. The molecule has 1 heterocycles. The van der Waals surface area contributed by atoms with Crippen LogP contribution in [0, 0.1) is 20.2 Å². The number of hydrogen-bond acceptors (Lipinski definition) is 5. The number of rotatable bonds is 3. The van der Waals surface area contributed by atoms with E-state index in [1.165, 1.54) is 4.90 Å². The van der Waals surface area contributed by atoms with Crippen molar-refractivity contribution in [1.29, 1.82) is 0 Å². The molecule has 8 nitrogen and oxygen atoms in total. The smallest absolute Gasteiger partial charge is 0.277 e. The van der Waals surface area contributed by atoms with Crippen LogP contribution in [0.4, 0.5) is 11.4 Å². The van der Waals surface area contributed by atoms with E-state index < -0.39 is 27.1 Å². The van der Waals surface area contributed by atoms with Crippen LogP contribution in [-0.4, -0.2) is 33.2 Å². The van der Waals surface area contributed by atoms with Crippen molar-refractivity contribution in [3.05, 3.63) is 44.0 Å². The number of non-ortho nitro benzene ring substituents is 2. The Labute approximate surface area is 101 Å². The molecule has 1 atom stereocenters. The highest BCUT2D eigenvalue weighted by Gasteiger charge is 2.35. The lowest BCUT2D eigenvalue weighted by Gasteiger charge is -2.02. The fourth-order valence-electron chi connectivity index (χ4n) is 1.62. The lowest BCUT2D eigenvalue weighted by molar-refractivity contribution is -0.394. The van der Waals surface area contributed by atoms with Gasteiger partial charge in [-0.3, -0.25) is 25.0 Å². The van der Waals surface area contributed by atoms with Gasteiger partial charge in [-0.1, -0.05) is 0 Å². The second kappa shape index (κ2) is 4.06. The third-order valence-electron chi connectivity index (χ3n) is 2.69. The van der Waals surface area contributed by atoms with Gasteiger partial charge in [0.25, 0.3) is 17.3 Å². The number of benzene rings is 1. The summed E-state index contributed by atoms with van der Waals surface area (Å²) in [7, 11) is 0. The molecule has 1 aliphatic heterocycles. The third-order valence-corrected chi connectivity index (χ3v) is 2.69. The van der Waals surface area contributed by atoms with Crippen molar-refractivity contribution in [2.45, 2.75) is 13.0 Å². The lowest BCUT2D eigenvalue weighted by Crippen LogP contribution is -2.13. The maximum Gasteiger partial charge on any atom is 0.277 e. The summed E-state index contributed by atoms with van der Waals surface area (Å²) >= 11 is 0. The largest absolute Gasteiger partial charge is 0.332 e. The Bertz CT molecular complexity index is 524. The molecule has 2 rings (SSSR count). The van der Waals surface area contributed by atoms with Crippen molar-refractivity contribution in [3.63, 3.8) is 0 Å².